The van der Waals surface area contributed by atoms with Crippen molar-refractivity contribution in [1.29, 1.82) is 0 Å². The molecule has 2 aromatic heterocycles. The second-order valence-corrected chi connectivity index (χ2v) is 6.79. The smallest absolute Gasteiger partial charge is 0.333 e. The van der Waals surface area contributed by atoms with Gasteiger partial charge >= 0.3 is 5.69 Å². The fraction of sp³-hybridized carbons (Fsp3) is 0.389. The van der Waals surface area contributed by atoms with Crippen molar-refractivity contribution in [1.82, 2.24) is 14.3 Å². The first kappa shape index (κ1) is 18.6. The number of benzene rings is 1. The number of aryl methyl sites for hydroxylation is 1. The van der Waals surface area contributed by atoms with E-state index in [1.54, 1.807) is 12.1 Å². The predicted molar refractivity (Wildman–Crippen MR) is 95.8 cm³/mol. The number of fused-ring (bicyclic) bond motifs is 1. The summed E-state index contributed by atoms with van der Waals surface area (Å²) in [6.07, 6.45) is -3.87. The third-order valence-electron chi connectivity index (χ3n) is 4.90. The van der Waals surface area contributed by atoms with Crippen molar-refractivity contribution in [3.8, 4) is 0 Å². The number of hydrogen-bond acceptors (Lipinski definition) is 8. The van der Waals surface area contributed by atoms with Gasteiger partial charge in [-0.25, -0.2) is 4.79 Å². The molecule has 1 aliphatic rings. The zero-order valence-electron chi connectivity index (χ0n) is 14.9. The van der Waals surface area contributed by atoms with Crippen molar-refractivity contribution < 1.29 is 24.6 Å². The number of nitrogens with zero attached hydrogens (tertiary/aromatic N) is 3. The lowest BCUT2D eigenvalue weighted by Gasteiger charge is -2.18. The molecule has 148 valence electrons. The fourth-order valence-electron chi connectivity index (χ4n) is 3.34. The van der Waals surface area contributed by atoms with Crippen molar-refractivity contribution >= 4 is 11.0 Å². The molecule has 0 bridgehead atoms. The van der Waals surface area contributed by atoms with Crippen LogP contribution in [0.4, 0.5) is 0 Å². The van der Waals surface area contributed by atoms with Gasteiger partial charge in [-0.05, 0) is 24.6 Å². The number of ether oxygens (including phenoxy) is 1. The number of hydrogen-bond donors (Lipinski definition) is 3. The first-order valence-electron chi connectivity index (χ1n) is 8.70. The van der Waals surface area contributed by atoms with E-state index in [-0.39, 0.29) is 6.54 Å². The van der Waals surface area contributed by atoms with Gasteiger partial charge in [0.2, 0.25) is 0 Å². The van der Waals surface area contributed by atoms with Gasteiger partial charge in [-0.1, -0.05) is 11.2 Å². The second-order valence-electron chi connectivity index (χ2n) is 6.79. The summed E-state index contributed by atoms with van der Waals surface area (Å²) in [6, 6.07) is 6.63. The Bertz CT molecular complexity index is 1130. The lowest BCUT2D eigenvalue weighted by atomic mass is 10.1. The van der Waals surface area contributed by atoms with E-state index in [1.807, 2.05) is 13.0 Å². The molecular weight excluding hydrogens is 370 g/mol. The maximum absolute atomic E-state index is 12.9. The van der Waals surface area contributed by atoms with Crippen LogP contribution >= 0.6 is 0 Å². The van der Waals surface area contributed by atoms with Gasteiger partial charge in [-0.15, -0.1) is 0 Å². The van der Waals surface area contributed by atoms with Crippen LogP contribution in [-0.2, 0) is 11.3 Å². The molecule has 0 spiro atoms. The van der Waals surface area contributed by atoms with Crippen molar-refractivity contribution in [3.05, 3.63) is 62.6 Å². The number of aliphatic hydroxyl groups excluding tert-OH is 3. The van der Waals surface area contributed by atoms with Crippen molar-refractivity contribution in [2.45, 2.75) is 38.0 Å². The Kier molecular flexibility index (Phi) is 4.63. The van der Waals surface area contributed by atoms with Crippen molar-refractivity contribution in [2.75, 3.05) is 6.61 Å². The van der Waals surface area contributed by atoms with E-state index >= 15 is 0 Å². The van der Waals surface area contributed by atoms with Crippen molar-refractivity contribution in [3.63, 3.8) is 0 Å². The minimum Gasteiger partial charge on any atom is -0.394 e. The molecule has 4 rings (SSSR count). The van der Waals surface area contributed by atoms with Gasteiger partial charge in [0.15, 0.2) is 11.8 Å². The van der Waals surface area contributed by atoms with Crippen LogP contribution in [-0.4, -0.2) is 54.5 Å². The molecule has 1 aliphatic heterocycles. The molecular formula is C18H19N3O7. The van der Waals surface area contributed by atoms with Crippen LogP contribution < -0.4 is 11.2 Å². The lowest BCUT2D eigenvalue weighted by molar-refractivity contribution is -0.0555. The molecule has 0 amide bonds. The van der Waals surface area contributed by atoms with E-state index in [0.29, 0.717) is 16.7 Å². The monoisotopic (exact) mass is 389 g/mol. The normalized spacial score (nSPS) is 24.9. The summed E-state index contributed by atoms with van der Waals surface area (Å²) < 4.78 is 12.6. The summed E-state index contributed by atoms with van der Waals surface area (Å²) in [5, 5.41) is 33.9. The average molecular weight is 389 g/mol. The molecule has 10 heteroatoms. The highest BCUT2D eigenvalue weighted by Gasteiger charge is 2.43. The summed E-state index contributed by atoms with van der Waals surface area (Å²) in [5.41, 5.74) is 0.636. The second kappa shape index (κ2) is 6.99. The number of rotatable bonds is 4. The summed E-state index contributed by atoms with van der Waals surface area (Å²) in [5.74, 6) is 0. The van der Waals surface area contributed by atoms with Gasteiger partial charge in [-0.2, -0.15) is 0 Å². The Morgan fingerprint density at radius 3 is 2.68 bits per heavy atom. The van der Waals surface area contributed by atoms with E-state index in [4.69, 9.17) is 9.26 Å². The van der Waals surface area contributed by atoms with Crippen molar-refractivity contribution in [2.24, 2.45) is 0 Å². The quantitative estimate of drug-likeness (QED) is 0.523. The summed E-state index contributed by atoms with van der Waals surface area (Å²) >= 11 is 0. The van der Waals surface area contributed by atoms with Crippen LogP contribution in [0, 0.1) is 6.92 Å². The van der Waals surface area contributed by atoms with Gasteiger partial charge < -0.3 is 24.6 Å². The van der Waals surface area contributed by atoms with Gasteiger partial charge in [-0.3, -0.25) is 13.9 Å². The zero-order valence-corrected chi connectivity index (χ0v) is 14.9. The largest absolute Gasteiger partial charge is 0.394 e. The number of aromatic nitrogens is 3. The third-order valence-corrected chi connectivity index (χ3v) is 4.90. The molecule has 0 aliphatic carbocycles. The third kappa shape index (κ3) is 2.96. The first-order valence-corrected chi connectivity index (χ1v) is 8.70. The van der Waals surface area contributed by atoms with E-state index in [2.05, 4.69) is 5.16 Å². The molecule has 28 heavy (non-hydrogen) atoms. The Hall–Kier alpha value is -2.79. The van der Waals surface area contributed by atoms with Crippen LogP contribution in [0.3, 0.4) is 0 Å². The SMILES string of the molecule is Cc1ccc2c(Cn3c(=O)ccn([C@@H]4O[C@H](CO)C(O)C4O)c3=O)noc2c1. The molecule has 3 aromatic rings. The molecule has 3 N–H and O–H groups in total. The highest BCUT2D eigenvalue weighted by Crippen LogP contribution is 2.28. The van der Waals surface area contributed by atoms with E-state index in [9.17, 15) is 24.9 Å². The summed E-state index contributed by atoms with van der Waals surface area (Å²) in [6.45, 7) is 1.25. The predicted octanol–water partition coefficient (Wildman–Crippen LogP) is -0.881. The minimum atomic E-state index is -1.43. The van der Waals surface area contributed by atoms with Crippen LogP contribution in [0.2, 0.25) is 0 Å². The Balaban J connectivity index is 1.73. The molecule has 4 atom stereocenters. The Labute approximate surface area is 157 Å². The van der Waals surface area contributed by atoms with E-state index in [1.165, 1.54) is 6.20 Å². The average Bonchev–Trinajstić information content (AvgIpc) is 3.20. The van der Waals surface area contributed by atoms with Crippen LogP contribution in [0.1, 0.15) is 17.5 Å². The fourth-order valence-corrected chi connectivity index (χ4v) is 3.34. The first-order chi connectivity index (χ1) is 13.4. The topological polar surface area (TPSA) is 140 Å². The molecule has 1 saturated heterocycles. The van der Waals surface area contributed by atoms with Gasteiger partial charge in [0, 0.05) is 17.6 Å². The lowest BCUT2D eigenvalue weighted by Crippen LogP contribution is -2.43. The Morgan fingerprint density at radius 1 is 1.18 bits per heavy atom. The zero-order chi connectivity index (χ0) is 20.0. The molecule has 0 radical (unpaired) electrons. The van der Waals surface area contributed by atoms with E-state index < -0.39 is 42.4 Å². The highest BCUT2D eigenvalue weighted by molar-refractivity contribution is 5.79. The van der Waals surface area contributed by atoms with Gasteiger partial charge in [0.25, 0.3) is 5.56 Å². The molecule has 2 unspecified atom stereocenters. The molecule has 3 heterocycles. The van der Waals surface area contributed by atoms with Crippen LogP contribution in [0.5, 0.6) is 0 Å². The van der Waals surface area contributed by atoms with Gasteiger partial charge in [0.05, 0.1) is 13.2 Å². The van der Waals surface area contributed by atoms with Crippen LogP contribution in [0.15, 0.2) is 44.6 Å². The van der Waals surface area contributed by atoms with Gasteiger partial charge in [0.1, 0.15) is 24.0 Å². The Morgan fingerprint density at radius 2 is 1.96 bits per heavy atom. The molecule has 10 nitrogen and oxygen atoms in total. The number of aliphatic hydroxyl groups is 3. The molecule has 0 saturated carbocycles. The maximum atomic E-state index is 12.9. The molecule has 1 fully saturated rings. The highest BCUT2D eigenvalue weighted by atomic mass is 16.6. The van der Waals surface area contributed by atoms with Crippen LogP contribution in [0.25, 0.3) is 11.0 Å². The summed E-state index contributed by atoms with van der Waals surface area (Å²) in [7, 11) is 0. The molecule has 1 aromatic carbocycles. The standard InChI is InChI=1S/C18H19N3O7/c1-9-2-3-10-11(19-28-12(10)6-9)7-21-14(23)4-5-20(18(21)26)17-16(25)15(24)13(8-22)27-17/h2-6,13,15-17,22,24-25H,7-8H2,1H3/t13-,15?,16?,17-/m1/s1. The van der Waals surface area contributed by atoms with E-state index in [0.717, 1.165) is 20.8 Å². The minimum absolute atomic E-state index is 0.136. The summed E-state index contributed by atoms with van der Waals surface area (Å²) in [4.78, 5) is 25.2. The maximum Gasteiger partial charge on any atom is 0.333 e.